The van der Waals surface area contributed by atoms with Gasteiger partial charge in [0.15, 0.2) is 0 Å². The highest BCUT2D eigenvalue weighted by Gasteiger charge is 2.32. The zero-order valence-electron chi connectivity index (χ0n) is 16.7. The average Bonchev–Trinajstić information content (AvgIpc) is 2.80. The Bertz CT molecular complexity index is 951. The third kappa shape index (κ3) is 4.40. The number of hydrazone groups is 1. The lowest BCUT2D eigenvalue weighted by Crippen LogP contribution is -2.46. The Labute approximate surface area is 175 Å². The molecule has 0 unspecified atom stereocenters. The molecule has 1 fully saturated rings. The number of nitrogens with zero attached hydrogens (tertiary/aromatic N) is 3. The van der Waals surface area contributed by atoms with E-state index in [0.29, 0.717) is 43.8 Å². The summed E-state index contributed by atoms with van der Waals surface area (Å²) in [6.45, 7) is 1.01. The highest BCUT2D eigenvalue weighted by atomic mass is 16.2. The lowest BCUT2D eigenvalue weighted by atomic mass is 9.95. The minimum atomic E-state index is -0.148. The van der Waals surface area contributed by atoms with Crippen molar-refractivity contribution < 1.29 is 14.4 Å². The van der Waals surface area contributed by atoms with Crippen LogP contribution in [0.25, 0.3) is 0 Å². The predicted octanol–water partition coefficient (Wildman–Crippen LogP) is 3.05. The second-order valence-corrected chi connectivity index (χ2v) is 7.51. The molecule has 0 aromatic heterocycles. The monoisotopic (exact) mass is 404 g/mol. The summed E-state index contributed by atoms with van der Waals surface area (Å²) in [5, 5.41) is 8.60. The zero-order valence-corrected chi connectivity index (χ0v) is 16.7. The van der Waals surface area contributed by atoms with Gasteiger partial charge in [0.25, 0.3) is 5.91 Å². The quantitative estimate of drug-likeness (QED) is 0.850. The molecule has 7 heteroatoms. The minimum Gasteiger partial charge on any atom is -0.337 e. The molecule has 2 heterocycles. The molecule has 2 aromatic rings. The number of anilines is 2. The Morgan fingerprint density at radius 1 is 0.900 bits per heavy atom. The predicted molar refractivity (Wildman–Crippen MR) is 115 cm³/mol. The van der Waals surface area contributed by atoms with Crippen LogP contribution in [0.3, 0.4) is 0 Å². The van der Waals surface area contributed by atoms with Crippen LogP contribution in [0, 0.1) is 5.92 Å². The first-order chi connectivity index (χ1) is 14.6. The van der Waals surface area contributed by atoms with Crippen LogP contribution in [0.5, 0.6) is 0 Å². The van der Waals surface area contributed by atoms with Crippen LogP contribution in [-0.2, 0) is 14.4 Å². The number of benzene rings is 2. The maximum Gasteiger partial charge on any atom is 0.270 e. The number of hydrogen-bond donors (Lipinski definition) is 1. The van der Waals surface area contributed by atoms with E-state index >= 15 is 0 Å². The summed E-state index contributed by atoms with van der Waals surface area (Å²) in [6, 6.07) is 18.5. The molecule has 0 saturated carbocycles. The third-order valence-corrected chi connectivity index (χ3v) is 5.47. The van der Waals surface area contributed by atoms with E-state index in [1.165, 1.54) is 5.01 Å². The summed E-state index contributed by atoms with van der Waals surface area (Å²) >= 11 is 0. The van der Waals surface area contributed by atoms with E-state index in [-0.39, 0.29) is 30.1 Å². The van der Waals surface area contributed by atoms with Crippen molar-refractivity contribution in [2.75, 3.05) is 23.4 Å². The van der Waals surface area contributed by atoms with Gasteiger partial charge in [0.1, 0.15) is 5.71 Å². The molecule has 7 nitrogen and oxygen atoms in total. The third-order valence-electron chi connectivity index (χ3n) is 5.47. The Morgan fingerprint density at radius 3 is 2.20 bits per heavy atom. The number of hydrogen-bond acceptors (Lipinski definition) is 4. The number of likely N-dealkylation sites (tertiary alicyclic amines) is 1. The number of amides is 3. The number of rotatable bonds is 4. The van der Waals surface area contributed by atoms with Gasteiger partial charge < -0.3 is 10.2 Å². The van der Waals surface area contributed by atoms with Crippen molar-refractivity contribution in [3.05, 3.63) is 60.7 Å². The SMILES string of the molecule is O=C(Nc1ccccc1)C1CCN(C(=O)C2=NN(c3ccccc3)C(=O)CC2)CC1. The lowest BCUT2D eigenvalue weighted by molar-refractivity contribution is -0.129. The Hall–Kier alpha value is -3.48. The van der Waals surface area contributed by atoms with Crippen molar-refractivity contribution in [2.24, 2.45) is 11.0 Å². The van der Waals surface area contributed by atoms with Crippen LogP contribution in [0.15, 0.2) is 65.8 Å². The van der Waals surface area contributed by atoms with Crippen molar-refractivity contribution in [3.63, 3.8) is 0 Å². The van der Waals surface area contributed by atoms with Gasteiger partial charge in [-0.1, -0.05) is 36.4 Å². The molecule has 154 valence electrons. The van der Waals surface area contributed by atoms with Crippen molar-refractivity contribution in [1.29, 1.82) is 0 Å². The van der Waals surface area contributed by atoms with E-state index in [4.69, 9.17) is 0 Å². The van der Waals surface area contributed by atoms with Crippen molar-refractivity contribution in [1.82, 2.24) is 4.90 Å². The van der Waals surface area contributed by atoms with Crippen LogP contribution in [0.2, 0.25) is 0 Å². The normalized spacial score (nSPS) is 17.5. The van der Waals surface area contributed by atoms with E-state index in [0.717, 1.165) is 5.69 Å². The van der Waals surface area contributed by atoms with Gasteiger partial charge in [0, 0.05) is 37.5 Å². The molecule has 0 radical (unpaired) electrons. The van der Waals surface area contributed by atoms with Crippen LogP contribution >= 0.6 is 0 Å². The van der Waals surface area contributed by atoms with Crippen molar-refractivity contribution in [2.45, 2.75) is 25.7 Å². The Balaban J connectivity index is 1.37. The standard InChI is InChI=1S/C23H24N4O3/c28-21-12-11-20(25-27(21)19-9-5-2-6-10-19)23(30)26-15-13-17(14-16-26)22(29)24-18-7-3-1-4-8-18/h1-10,17H,11-16H2,(H,24,29). The van der Waals surface area contributed by atoms with Gasteiger partial charge in [-0.3, -0.25) is 14.4 Å². The van der Waals surface area contributed by atoms with E-state index in [1.807, 2.05) is 48.5 Å². The molecular weight excluding hydrogens is 380 g/mol. The van der Waals surface area contributed by atoms with Gasteiger partial charge in [0.2, 0.25) is 11.8 Å². The number of para-hydroxylation sites is 2. The van der Waals surface area contributed by atoms with Crippen LogP contribution < -0.4 is 10.3 Å². The molecule has 0 atom stereocenters. The molecule has 4 rings (SSSR count). The van der Waals surface area contributed by atoms with Gasteiger partial charge in [-0.25, -0.2) is 5.01 Å². The van der Waals surface area contributed by atoms with Gasteiger partial charge in [0.05, 0.1) is 5.69 Å². The molecule has 2 aliphatic heterocycles. The molecule has 2 aromatic carbocycles. The van der Waals surface area contributed by atoms with E-state index in [2.05, 4.69) is 10.4 Å². The van der Waals surface area contributed by atoms with Gasteiger partial charge >= 0.3 is 0 Å². The number of nitrogens with one attached hydrogen (secondary N) is 1. The highest BCUT2D eigenvalue weighted by molar-refractivity contribution is 6.40. The highest BCUT2D eigenvalue weighted by Crippen LogP contribution is 2.23. The molecule has 0 aliphatic carbocycles. The summed E-state index contributed by atoms with van der Waals surface area (Å²) in [7, 11) is 0. The fraction of sp³-hybridized carbons (Fsp3) is 0.304. The number of carbonyl (C=O) groups is 3. The maximum absolute atomic E-state index is 13.0. The first kappa shape index (κ1) is 19.8. The van der Waals surface area contributed by atoms with Crippen LogP contribution in [0.1, 0.15) is 25.7 Å². The van der Waals surface area contributed by atoms with Crippen molar-refractivity contribution >= 4 is 34.8 Å². The molecule has 0 spiro atoms. The zero-order chi connectivity index (χ0) is 20.9. The number of carbonyl (C=O) groups excluding carboxylic acids is 3. The summed E-state index contributed by atoms with van der Waals surface area (Å²) in [5.74, 6) is -0.395. The Kier molecular flexibility index (Phi) is 5.88. The average molecular weight is 404 g/mol. The second kappa shape index (κ2) is 8.90. The molecule has 1 N–H and O–H groups in total. The first-order valence-corrected chi connectivity index (χ1v) is 10.2. The fourth-order valence-corrected chi connectivity index (χ4v) is 3.77. The van der Waals surface area contributed by atoms with Gasteiger partial charge in [-0.15, -0.1) is 0 Å². The molecule has 2 aliphatic rings. The van der Waals surface area contributed by atoms with E-state index < -0.39 is 0 Å². The molecule has 3 amide bonds. The van der Waals surface area contributed by atoms with Crippen molar-refractivity contribution in [3.8, 4) is 0 Å². The molecular formula is C23H24N4O3. The van der Waals surface area contributed by atoms with Crippen LogP contribution in [-0.4, -0.2) is 41.4 Å². The Morgan fingerprint density at radius 2 is 1.53 bits per heavy atom. The van der Waals surface area contributed by atoms with Gasteiger partial charge in [-0.2, -0.15) is 5.10 Å². The maximum atomic E-state index is 13.0. The molecule has 0 bridgehead atoms. The molecule has 30 heavy (non-hydrogen) atoms. The summed E-state index contributed by atoms with van der Waals surface area (Å²) in [4.78, 5) is 39.5. The lowest BCUT2D eigenvalue weighted by Gasteiger charge is -2.32. The minimum absolute atomic E-state index is 0.0100. The second-order valence-electron chi connectivity index (χ2n) is 7.51. The van der Waals surface area contributed by atoms with E-state index in [1.54, 1.807) is 17.0 Å². The van der Waals surface area contributed by atoms with Gasteiger partial charge in [-0.05, 0) is 37.1 Å². The first-order valence-electron chi connectivity index (χ1n) is 10.2. The largest absolute Gasteiger partial charge is 0.337 e. The summed E-state index contributed by atoms with van der Waals surface area (Å²) in [5.41, 5.74) is 1.83. The van der Waals surface area contributed by atoms with E-state index in [9.17, 15) is 14.4 Å². The molecule has 1 saturated heterocycles. The smallest absolute Gasteiger partial charge is 0.270 e. The summed E-state index contributed by atoms with van der Waals surface area (Å²) in [6.07, 6.45) is 1.82. The van der Waals surface area contributed by atoms with Crippen LogP contribution in [0.4, 0.5) is 11.4 Å². The summed E-state index contributed by atoms with van der Waals surface area (Å²) < 4.78 is 0. The topological polar surface area (TPSA) is 82.1 Å². The fourth-order valence-electron chi connectivity index (χ4n) is 3.77. The number of piperidine rings is 1.